The zero-order valence-corrected chi connectivity index (χ0v) is 19.6. The van der Waals surface area contributed by atoms with E-state index < -0.39 is 27.2 Å². The minimum atomic E-state index is -0.991. The zero-order valence-electron chi connectivity index (χ0n) is 19.6. The molecule has 0 aliphatic carbocycles. The number of nitrogens with zero attached hydrogens (tertiary/aromatic N) is 5. The predicted molar refractivity (Wildman–Crippen MR) is 134 cm³/mol. The van der Waals surface area contributed by atoms with Crippen LogP contribution in [-0.2, 0) is 7.05 Å². The second-order valence-electron chi connectivity index (χ2n) is 7.88. The second kappa shape index (κ2) is 10.1. The number of para-hydroxylation sites is 1. The van der Waals surface area contributed by atoms with Gasteiger partial charge in [0.1, 0.15) is 5.75 Å². The lowest BCUT2D eigenvalue weighted by molar-refractivity contribution is -0.394. The van der Waals surface area contributed by atoms with E-state index in [9.17, 15) is 29.8 Å². The molecule has 4 aromatic rings. The van der Waals surface area contributed by atoms with Crippen LogP contribution >= 0.6 is 0 Å². The Labute approximate surface area is 209 Å². The highest BCUT2D eigenvalue weighted by atomic mass is 16.6. The van der Waals surface area contributed by atoms with Crippen molar-refractivity contribution in [1.29, 1.82) is 0 Å². The van der Waals surface area contributed by atoms with Crippen LogP contribution in [0.15, 0.2) is 82.6 Å². The molecule has 0 bridgehead atoms. The third kappa shape index (κ3) is 5.17. The number of carbonyl (C=O) groups excluding carboxylic acids is 1. The molecule has 0 N–H and O–H groups in total. The summed E-state index contributed by atoms with van der Waals surface area (Å²) in [5.41, 5.74) is 0.445. The number of hydrogen-bond donors (Lipinski definition) is 0. The van der Waals surface area contributed by atoms with Gasteiger partial charge in [-0.05, 0) is 48.9 Å². The number of nitro groups is 2. The quantitative estimate of drug-likeness (QED) is 0.120. The van der Waals surface area contributed by atoms with Crippen LogP contribution in [0.25, 0.3) is 5.69 Å². The molecular formula is C25H19N5O7. The molecule has 0 atom stereocenters. The normalized spacial score (nSPS) is 11.0. The van der Waals surface area contributed by atoms with Crippen LogP contribution in [0.2, 0.25) is 0 Å². The van der Waals surface area contributed by atoms with E-state index in [1.54, 1.807) is 30.8 Å². The van der Waals surface area contributed by atoms with Gasteiger partial charge in [0.15, 0.2) is 5.69 Å². The maximum atomic E-state index is 13.0. The number of aliphatic imine (C=N–C) groups is 1. The minimum absolute atomic E-state index is 0.110. The number of esters is 1. The topological polar surface area (TPSA) is 152 Å². The molecule has 12 heteroatoms. The molecule has 12 nitrogen and oxygen atoms in total. The van der Waals surface area contributed by atoms with Gasteiger partial charge in [0.25, 0.3) is 16.9 Å². The lowest BCUT2D eigenvalue weighted by Crippen LogP contribution is -2.19. The van der Waals surface area contributed by atoms with Gasteiger partial charge in [0.05, 0.1) is 32.9 Å². The number of rotatable bonds is 7. The zero-order chi connectivity index (χ0) is 26.7. The maximum Gasteiger partial charge on any atom is 0.344 e. The van der Waals surface area contributed by atoms with E-state index in [-0.39, 0.29) is 22.6 Å². The molecule has 37 heavy (non-hydrogen) atoms. The molecule has 0 spiro atoms. The fraction of sp³-hybridized carbons (Fsp3) is 0.0800. The Kier molecular flexibility index (Phi) is 6.73. The highest BCUT2D eigenvalue weighted by Gasteiger charge is 2.21. The van der Waals surface area contributed by atoms with Gasteiger partial charge in [-0.25, -0.2) is 14.5 Å². The van der Waals surface area contributed by atoms with Crippen LogP contribution in [0.3, 0.4) is 0 Å². The van der Waals surface area contributed by atoms with Gasteiger partial charge in [0, 0.05) is 25.4 Å². The molecule has 1 aromatic heterocycles. The van der Waals surface area contributed by atoms with Crippen LogP contribution in [0.5, 0.6) is 5.75 Å². The van der Waals surface area contributed by atoms with Crippen molar-refractivity contribution in [3.05, 3.63) is 120 Å². The average Bonchev–Trinajstić information content (AvgIpc) is 3.10. The first-order valence-electron chi connectivity index (χ1n) is 10.8. The van der Waals surface area contributed by atoms with Gasteiger partial charge in [-0.3, -0.25) is 29.7 Å². The molecule has 0 aliphatic heterocycles. The summed E-state index contributed by atoms with van der Waals surface area (Å²) in [6.45, 7) is 1.79. The molecule has 4 rings (SSSR count). The first-order valence-corrected chi connectivity index (χ1v) is 10.8. The average molecular weight is 501 g/mol. The van der Waals surface area contributed by atoms with Crippen molar-refractivity contribution < 1.29 is 19.4 Å². The smallest absolute Gasteiger partial charge is 0.344 e. The highest BCUT2D eigenvalue weighted by Crippen LogP contribution is 2.24. The summed E-state index contributed by atoms with van der Waals surface area (Å²) in [6, 6.07) is 17.8. The van der Waals surface area contributed by atoms with E-state index in [1.165, 1.54) is 23.0 Å². The SMILES string of the molecule is Cc1c(N=Cc2ccc(OC(=O)c3cc([N+](=O)[O-])cc([N+](=O)[O-])c3)cc2)c(=O)n(-c2ccccc2)n1C. The molecule has 0 amide bonds. The van der Waals surface area contributed by atoms with E-state index in [2.05, 4.69) is 4.99 Å². The molecule has 0 fully saturated rings. The Hall–Kier alpha value is -5.39. The monoisotopic (exact) mass is 501 g/mol. The van der Waals surface area contributed by atoms with E-state index >= 15 is 0 Å². The van der Waals surface area contributed by atoms with Crippen LogP contribution < -0.4 is 10.3 Å². The fourth-order valence-corrected chi connectivity index (χ4v) is 3.55. The van der Waals surface area contributed by atoms with Gasteiger partial charge in [-0.2, -0.15) is 0 Å². The van der Waals surface area contributed by atoms with E-state index in [0.717, 1.165) is 18.2 Å². The van der Waals surface area contributed by atoms with Gasteiger partial charge in [-0.1, -0.05) is 18.2 Å². The van der Waals surface area contributed by atoms with Crippen LogP contribution in [0, 0.1) is 27.2 Å². The summed E-state index contributed by atoms with van der Waals surface area (Å²) in [7, 11) is 1.77. The van der Waals surface area contributed by atoms with Crippen molar-refractivity contribution in [2.45, 2.75) is 6.92 Å². The lowest BCUT2D eigenvalue weighted by Gasteiger charge is -2.07. The van der Waals surface area contributed by atoms with Crippen LogP contribution in [0.4, 0.5) is 17.1 Å². The highest BCUT2D eigenvalue weighted by molar-refractivity contribution is 5.92. The van der Waals surface area contributed by atoms with Gasteiger partial charge >= 0.3 is 5.97 Å². The van der Waals surface area contributed by atoms with Gasteiger partial charge in [0.2, 0.25) is 0 Å². The Bertz CT molecular complexity index is 1570. The van der Waals surface area contributed by atoms with Gasteiger partial charge in [-0.15, -0.1) is 0 Å². The number of non-ortho nitro benzene ring substituents is 2. The third-order valence-electron chi connectivity index (χ3n) is 5.52. The van der Waals surface area contributed by atoms with E-state index in [0.29, 0.717) is 16.9 Å². The van der Waals surface area contributed by atoms with Crippen LogP contribution in [0.1, 0.15) is 21.6 Å². The standard InChI is InChI=1S/C25H19N5O7/c1-16-23(24(31)28(27(16)2)19-6-4-3-5-7-19)26-15-17-8-10-22(11-9-17)37-25(32)18-12-20(29(33)34)14-21(13-18)30(35)36/h3-15H,1-2H3. The summed E-state index contributed by atoms with van der Waals surface area (Å²) in [5, 5.41) is 22.1. The molecule has 0 saturated heterocycles. The molecule has 0 unspecified atom stereocenters. The minimum Gasteiger partial charge on any atom is -0.423 e. The van der Waals surface area contributed by atoms with Crippen molar-refractivity contribution in [3.63, 3.8) is 0 Å². The summed E-state index contributed by atoms with van der Waals surface area (Å²) >= 11 is 0. The van der Waals surface area contributed by atoms with Crippen molar-refractivity contribution in [3.8, 4) is 11.4 Å². The molecule has 0 aliphatic rings. The predicted octanol–water partition coefficient (Wildman–Crippen LogP) is 4.27. The molecular weight excluding hydrogens is 482 g/mol. The number of carbonyl (C=O) groups is 1. The lowest BCUT2D eigenvalue weighted by atomic mass is 10.1. The Morgan fingerprint density at radius 2 is 1.54 bits per heavy atom. The molecule has 186 valence electrons. The number of benzene rings is 3. The molecule has 1 heterocycles. The first-order chi connectivity index (χ1) is 17.7. The Morgan fingerprint density at radius 3 is 2.11 bits per heavy atom. The summed E-state index contributed by atoms with van der Waals surface area (Å²) in [6.07, 6.45) is 1.49. The summed E-state index contributed by atoms with van der Waals surface area (Å²) in [4.78, 5) is 50.2. The van der Waals surface area contributed by atoms with Crippen molar-refractivity contribution in [2.75, 3.05) is 0 Å². The summed E-state index contributed by atoms with van der Waals surface area (Å²) < 4.78 is 8.44. The maximum absolute atomic E-state index is 13.0. The van der Waals surface area contributed by atoms with E-state index in [4.69, 9.17) is 4.74 Å². The Morgan fingerprint density at radius 1 is 0.946 bits per heavy atom. The molecule has 0 saturated carbocycles. The molecule has 0 radical (unpaired) electrons. The van der Waals surface area contributed by atoms with E-state index in [1.807, 2.05) is 30.3 Å². The largest absolute Gasteiger partial charge is 0.423 e. The number of aromatic nitrogens is 2. The summed E-state index contributed by atoms with van der Waals surface area (Å²) in [5.74, 6) is -0.881. The second-order valence-corrected chi connectivity index (χ2v) is 7.88. The van der Waals surface area contributed by atoms with Crippen LogP contribution in [-0.4, -0.2) is 31.4 Å². The van der Waals surface area contributed by atoms with Gasteiger partial charge < -0.3 is 4.74 Å². The number of ether oxygens (including phenoxy) is 1. The van der Waals surface area contributed by atoms with Crippen molar-refractivity contribution in [1.82, 2.24) is 9.36 Å². The number of nitro benzene ring substituents is 2. The molecule has 3 aromatic carbocycles. The first kappa shape index (κ1) is 24.7. The van der Waals surface area contributed by atoms with Crippen molar-refractivity contribution in [2.24, 2.45) is 12.0 Å². The van der Waals surface area contributed by atoms with Crippen molar-refractivity contribution >= 4 is 29.2 Å². The Balaban J connectivity index is 1.53. The number of hydrogen-bond acceptors (Lipinski definition) is 8. The third-order valence-corrected chi connectivity index (χ3v) is 5.52. The fourth-order valence-electron chi connectivity index (χ4n) is 3.55.